The predicted octanol–water partition coefficient (Wildman–Crippen LogP) is 1.61. The lowest BCUT2D eigenvalue weighted by Gasteiger charge is -2.16. The molecule has 0 spiro atoms. The van der Waals surface area contributed by atoms with Crippen LogP contribution in [0.2, 0.25) is 0 Å². The molecule has 0 aliphatic carbocycles. The van der Waals surface area contributed by atoms with Crippen molar-refractivity contribution in [3.05, 3.63) is 35.9 Å². The van der Waals surface area contributed by atoms with Gasteiger partial charge in [0.1, 0.15) is 6.61 Å². The SMILES string of the molecule is CC(=O)O[C@@H](C)C(=O)O[C@@H](C)C(=O)OCc1ccccc1. The van der Waals surface area contributed by atoms with Crippen molar-refractivity contribution in [2.75, 3.05) is 0 Å². The molecule has 0 fully saturated rings. The van der Waals surface area contributed by atoms with Crippen LogP contribution in [0.3, 0.4) is 0 Å². The predicted molar refractivity (Wildman–Crippen MR) is 73.0 cm³/mol. The van der Waals surface area contributed by atoms with Crippen molar-refractivity contribution < 1.29 is 28.6 Å². The van der Waals surface area contributed by atoms with E-state index in [-0.39, 0.29) is 6.61 Å². The number of hydrogen-bond donors (Lipinski definition) is 0. The zero-order valence-corrected chi connectivity index (χ0v) is 12.2. The van der Waals surface area contributed by atoms with Gasteiger partial charge in [0, 0.05) is 6.92 Å². The van der Waals surface area contributed by atoms with Gasteiger partial charge in [-0.15, -0.1) is 0 Å². The van der Waals surface area contributed by atoms with Crippen molar-refractivity contribution in [2.45, 2.75) is 39.6 Å². The van der Waals surface area contributed by atoms with Gasteiger partial charge < -0.3 is 14.2 Å². The van der Waals surface area contributed by atoms with Crippen molar-refractivity contribution in [1.82, 2.24) is 0 Å². The van der Waals surface area contributed by atoms with E-state index in [2.05, 4.69) is 4.74 Å². The molecule has 0 saturated heterocycles. The summed E-state index contributed by atoms with van der Waals surface area (Å²) in [6.07, 6.45) is -2.13. The van der Waals surface area contributed by atoms with Crippen LogP contribution in [-0.2, 0) is 35.2 Å². The first-order chi connectivity index (χ1) is 9.90. The zero-order valence-electron chi connectivity index (χ0n) is 12.2. The molecule has 0 unspecified atom stereocenters. The first-order valence-electron chi connectivity index (χ1n) is 6.48. The molecule has 0 amide bonds. The Labute approximate surface area is 123 Å². The Morgan fingerprint density at radius 1 is 0.952 bits per heavy atom. The second kappa shape index (κ2) is 8.04. The fourth-order valence-corrected chi connectivity index (χ4v) is 1.46. The van der Waals surface area contributed by atoms with E-state index >= 15 is 0 Å². The number of benzene rings is 1. The molecule has 1 aromatic rings. The van der Waals surface area contributed by atoms with Crippen LogP contribution < -0.4 is 0 Å². The second-order valence-corrected chi connectivity index (χ2v) is 4.42. The lowest BCUT2D eigenvalue weighted by molar-refractivity contribution is -0.176. The minimum Gasteiger partial charge on any atom is -0.458 e. The second-order valence-electron chi connectivity index (χ2n) is 4.42. The van der Waals surface area contributed by atoms with Crippen LogP contribution in [0.5, 0.6) is 0 Å². The quantitative estimate of drug-likeness (QED) is 0.586. The molecule has 114 valence electrons. The molecule has 6 nitrogen and oxygen atoms in total. The lowest BCUT2D eigenvalue weighted by atomic mass is 10.2. The number of ether oxygens (including phenoxy) is 3. The highest BCUT2D eigenvalue weighted by Gasteiger charge is 2.24. The molecule has 0 aliphatic heterocycles. The Balaban J connectivity index is 2.40. The van der Waals surface area contributed by atoms with Gasteiger partial charge in [0.25, 0.3) is 0 Å². The summed E-state index contributed by atoms with van der Waals surface area (Å²) < 4.78 is 14.6. The van der Waals surface area contributed by atoms with E-state index in [0.717, 1.165) is 5.56 Å². The van der Waals surface area contributed by atoms with Gasteiger partial charge in [-0.25, -0.2) is 9.59 Å². The topological polar surface area (TPSA) is 78.9 Å². The maximum atomic E-state index is 11.7. The van der Waals surface area contributed by atoms with Crippen LogP contribution in [0, 0.1) is 0 Å². The Bertz CT molecular complexity index is 496. The van der Waals surface area contributed by atoms with Crippen LogP contribution in [0.1, 0.15) is 26.3 Å². The molecular formula is C15H18O6. The molecule has 6 heteroatoms. The fourth-order valence-electron chi connectivity index (χ4n) is 1.46. The third kappa shape index (κ3) is 6.07. The van der Waals surface area contributed by atoms with Crippen molar-refractivity contribution in [2.24, 2.45) is 0 Å². The average Bonchev–Trinajstić information content (AvgIpc) is 2.44. The molecular weight excluding hydrogens is 276 g/mol. The summed E-state index contributed by atoms with van der Waals surface area (Å²) in [6.45, 7) is 4.04. The van der Waals surface area contributed by atoms with Gasteiger partial charge >= 0.3 is 17.9 Å². The summed E-state index contributed by atoms with van der Waals surface area (Å²) in [4.78, 5) is 34.0. The number of carbonyl (C=O) groups is 3. The zero-order chi connectivity index (χ0) is 15.8. The van der Waals surface area contributed by atoms with E-state index in [9.17, 15) is 14.4 Å². The lowest BCUT2D eigenvalue weighted by Crippen LogP contribution is -2.32. The Kier molecular flexibility index (Phi) is 6.39. The van der Waals surface area contributed by atoms with Gasteiger partial charge in [-0.1, -0.05) is 30.3 Å². The maximum Gasteiger partial charge on any atom is 0.347 e. The molecule has 2 atom stereocenters. The van der Waals surface area contributed by atoms with Crippen molar-refractivity contribution >= 4 is 17.9 Å². The van der Waals surface area contributed by atoms with E-state index < -0.39 is 30.1 Å². The van der Waals surface area contributed by atoms with Crippen LogP contribution >= 0.6 is 0 Å². The van der Waals surface area contributed by atoms with Gasteiger partial charge in [-0.2, -0.15) is 0 Å². The number of rotatable bonds is 6. The third-order valence-electron chi connectivity index (χ3n) is 2.52. The summed E-state index contributed by atoms with van der Waals surface area (Å²) in [7, 11) is 0. The Morgan fingerprint density at radius 2 is 1.52 bits per heavy atom. The van der Waals surface area contributed by atoms with E-state index in [1.54, 1.807) is 0 Å². The van der Waals surface area contributed by atoms with Gasteiger partial charge in [0.15, 0.2) is 12.2 Å². The van der Waals surface area contributed by atoms with Gasteiger partial charge in [-0.3, -0.25) is 4.79 Å². The third-order valence-corrected chi connectivity index (χ3v) is 2.52. The first kappa shape index (κ1) is 16.7. The molecule has 1 rings (SSSR count). The molecule has 0 radical (unpaired) electrons. The van der Waals surface area contributed by atoms with Gasteiger partial charge in [0.05, 0.1) is 0 Å². The molecule has 0 aliphatic rings. The van der Waals surface area contributed by atoms with Gasteiger partial charge in [0.2, 0.25) is 0 Å². The summed E-state index contributed by atoms with van der Waals surface area (Å²) in [6, 6.07) is 9.13. The molecule has 1 aromatic carbocycles. The molecule has 0 aromatic heterocycles. The largest absolute Gasteiger partial charge is 0.458 e. The smallest absolute Gasteiger partial charge is 0.347 e. The monoisotopic (exact) mass is 294 g/mol. The summed E-state index contributed by atoms with van der Waals surface area (Å²) in [5.74, 6) is -2.06. The molecule has 0 N–H and O–H groups in total. The van der Waals surface area contributed by atoms with Crippen LogP contribution in [0.15, 0.2) is 30.3 Å². The minimum absolute atomic E-state index is 0.0983. The van der Waals surface area contributed by atoms with Crippen LogP contribution in [-0.4, -0.2) is 30.1 Å². The van der Waals surface area contributed by atoms with Crippen molar-refractivity contribution in [3.63, 3.8) is 0 Å². The number of hydrogen-bond acceptors (Lipinski definition) is 6. The standard InChI is InChI=1S/C15H18O6/c1-10(21-15(18)11(2)20-12(3)16)14(17)19-9-13-7-5-4-6-8-13/h4-8,10-11H,9H2,1-3H3/t10-,11-/m0/s1. The van der Waals surface area contributed by atoms with E-state index in [4.69, 9.17) is 9.47 Å². The summed E-state index contributed by atoms with van der Waals surface area (Å²) in [5.41, 5.74) is 0.831. The minimum atomic E-state index is -1.07. The highest BCUT2D eigenvalue weighted by atomic mass is 16.6. The van der Waals surface area contributed by atoms with Crippen LogP contribution in [0.25, 0.3) is 0 Å². The highest BCUT2D eigenvalue weighted by molar-refractivity contribution is 5.82. The van der Waals surface area contributed by atoms with Crippen molar-refractivity contribution in [1.29, 1.82) is 0 Å². The number of carbonyl (C=O) groups excluding carboxylic acids is 3. The summed E-state index contributed by atoms with van der Waals surface area (Å²) >= 11 is 0. The highest BCUT2D eigenvalue weighted by Crippen LogP contribution is 2.05. The molecule has 0 heterocycles. The number of esters is 3. The normalized spacial score (nSPS) is 12.9. The van der Waals surface area contributed by atoms with Gasteiger partial charge in [-0.05, 0) is 19.4 Å². The Hall–Kier alpha value is -2.37. The maximum absolute atomic E-state index is 11.7. The fraction of sp³-hybridized carbons (Fsp3) is 0.400. The molecule has 21 heavy (non-hydrogen) atoms. The summed E-state index contributed by atoms with van der Waals surface area (Å²) in [5, 5.41) is 0. The first-order valence-corrected chi connectivity index (χ1v) is 6.48. The molecule has 0 saturated carbocycles. The average molecular weight is 294 g/mol. The molecule has 0 bridgehead atoms. The Morgan fingerprint density at radius 3 is 2.10 bits per heavy atom. The van der Waals surface area contributed by atoms with Crippen molar-refractivity contribution in [3.8, 4) is 0 Å². The van der Waals surface area contributed by atoms with E-state index in [1.165, 1.54) is 20.8 Å². The van der Waals surface area contributed by atoms with E-state index in [1.807, 2.05) is 30.3 Å². The van der Waals surface area contributed by atoms with Crippen LogP contribution in [0.4, 0.5) is 0 Å². The van der Waals surface area contributed by atoms with E-state index in [0.29, 0.717) is 0 Å².